The standard InChI is InChI=1S/C17H29N3O3.2ClH/c1-12-5-6-14(23-12)13(20-7-9-22-10-8-20)11-19-16(21)15(18)17(2,3)4;;/h5-6,13,15H,7-11,18H2,1-4H3,(H,19,21);2*1H/t13?,15-;;/m1../s1. The van der Waals surface area contributed by atoms with Crippen molar-refractivity contribution in [1.29, 1.82) is 0 Å². The molecule has 3 N–H and O–H groups in total. The molecule has 0 radical (unpaired) electrons. The first-order valence-corrected chi connectivity index (χ1v) is 8.20. The normalized spacial score (nSPS) is 17.8. The van der Waals surface area contributed by atoms with Crippen LogP contribution in [-0.4, -0.2) is 49.7 Å². The summed E-state index contributed by atoms with van der Waals surface area (Å²) in [6.07, 6.45) is 0. The van der Waals surface area contributed by atoms with E-state index in [2.05, 4.69) is 10.2 Å². The van der Waals surface area contributed by atoms with Gasteiger partial charge in [0.15, 0.2) is 0 Å². The number of carbonyl (C=O) groups excluding carboxylic acids is 1. The van der Waals surface area contributed by atoms with E-state index in [-0.39, 0.29) is 42.2 Å². The quantitative estimate of drug-likeness (QED) is 0.798. The van der Waals surface area contributed by atoms with Crippen LogP contribution in [0.25, 0.3) is 0 Å². The summed E-state index contributed by atoms with van der Waals surface area (Å²) >= 11 is 0. The lowest BCUT2D eigenvalue weighted by Gasteiger charge is -2.34. The molecule has 2 rings (SSSR count). The number of nitrogens with two attached hydrogens (primary N) is 1. The SMILES string of the molecule is Cc1ccc(C(CNC(=O)[C@@H](N)C(C)(C)C)N2CCOCC2)o1.Cl.Cl. The van der Waals surface area contributed by atoms with Crippen molar-refractivity contribution in [3.05, 3.63) is 23.7 Å². The molecule has 2 atom stereocenters. The number of nitrogens with zero attached hydrogens (tertiary/aromatic N) is 1. The third kappa shape index (κ3) is 6.79. The Morgan fingerprint density at radius 1 is 1.28 bits per heavy atom. The van der Waals surface area contributed by atoms with E-state index in [9.17, 15) is 4.79 Å². The van der Waals surface area contributed by atoms with Gasteiger partial charge in [0.1, 0.15) is 11.5 Å². The van der Waals surface area contributed by atoms with E-state index < -0.39 is 6.04 Å². The van der Waals surface area contributed by atoms with Crippen LogP contribution in [0.4, 0.5) is 0 Å². The number of hydrogen-bond acceptors (Lipinski definition) is 5. The van der Waals surface area contributed by atoms with Crippen LogP contribution in [0.5, 0.6) is 0 Å². The molecule has 0 spiro atoms. The second-order valence-corrected chi connectivity index (χ2v) is 7.20. The summed E-state index contributed by atoms with van der Waals surface area (Å²) in [4.78, 5) is 14.6. The van der Waals surface area contributed by atoms with Gasteiger partial charge in [0.25, 0.3) is 0 Å². The number of rotatable bonds is 5. The van der Waals surface area contributed by atoms with Gasteiger partial charge in [0.05, 0.1) is 25.3 Å². The van der Waals surface area contributed by atoms with Crippen LogP contribution in [0.3, 0.4) is 0 Å². The van der Waals surface area contributed by atoms with E-state index in [1.54, 1.807) is 0 Å². The van der Waals surface area contributed by atoms with Crippen molar-refractivity contribution in [3.63, 3.8) is 0 Å². The predicted molar refractivity (Wildman–Crippen MR) is 104 cm³/mol. The molecule has 1 saturated heterocycles. The fraction of sp³-hybridized carbons (Fsp3) is 0.706. The first-order chi connectivity index (χ1) is 10.8. The van der Waals surface area contributed by atoms with Gasteiger partial charge in [-0.05, 0) is 24.5 Å². The van der Waals surface area contributed by atoms with Crippen molar-refractivity contribution in [2.75, 3.05) is 32.8 Å². The molecule has 1 fully saturated rings. The Balaban J connectivity index is 0.00000288. The molecule has 1 aromatic heterocycles. The number of carbonyl (C=O) groups is 1. The highest BCUT2D eigenvalue weighted by molar-refractivity contribution is 5.85. The molecule has 0 aromatic carbocycles. The number of halogens is 2. The van der Waals surface area contributed by atoms with Crippen LogP contribution in [0.15, 0.2) is 16.5 Å². The third-order valence-electron chi connectivity index (χ3n) is 4.26. The molecule has 1 amide bonds. The first-order valence-electron chi connectivity index (χ1n) is 8.20. The molecule has 2 heterocycles. The Hall–Kier alpha value is -0.790. The van der Waals surface area contributed by atoms with Gasteiger partial charge in [0, 0.05) is 19.6 Å². The van der Waals surface area contributed by atoms with Crippen LogP contribution in [0.1, 0.15) is 38.3 Å². The number of morpholine rings is 1. The highest BCUT2D eigenvalue weighted by Gasteiger charge is 2.30. The highest BCUT2D eigenvalue weighted by atomic mass is 35.5. The van der Waals surface area contributed by atoms with Crippen molar-refractivity contribution in [2.24, 2.45) is 11.1 Å². The number of ether oxygens (including phenoxy) is 1. The zero-order valence-corrected chi connectivity index (χ0v) is 17.0. The minimum absolute atomic E-state index is 0. The minimum atomic E-state index is -0.536. The summed E-state index contributed by atoms with van der Waals surface area (Å²) in [6.45, 7) is 11.4. The Kier molecular flexibility index (Phi) is 10.1. The van der Waals surface area contributed by atoms with Gasteiger partial charge in [-0.15, -0.1) is 24.8 Å². The van der Waals surface area contributed by atoms with E-state index >= 15 is 0 Å². The summed E-state index contributed by atoms with van der Waals surface area (Å²) < 4.78 is 11.2. The summed E-state index contributed by atoms with van der Waals surface area (Å²) in [6, 6.07) is 3.39. The lowest BCUT2D eigenvalue weighted by Crippen LogP contribution is -2.51. The maximum absolute atomic E-state index is 12.3. The topological polar surface area (TPSA) is 80.7 Å². The van der Waals surface area contributed by atoms with Gasteiger partial charge in [0.2, 0.25) is 5.91 Å². The minimum Gasteiger partial charge on any atom is -0.465 e. The summed E-state index contributed by atoms with van der Waals surface area (Å²) in [7, 11) is 0. The molecule has 1 aliphatic rings. The fourth-order valence-corrected chi connectivity index (χ4v) is 2.63. The van der Waals surface area contributed by atoms with Crippen molar-refractivity contribution >= 4 is 30.7 Å². The molecule has 6 nitrogen and oxygen atoms in total. The van der Waals surface area contributed by atoms with Crippen LogP contribution in [0, 0.1) is 12.3 Å². The molecular weight excluding hydrogens is 365 g/mol. The molecule has 0 aliphatic carbocycles. The van der Waals surface area contributed by atoms with Crippen LogP contribution >= 0.6 is 24.8 Å². The maximum Gasteiger partial charge on any atom is 0.237 e. The van der Waals surface area contributed by atoms with Crippen LogP contribution in [-0.2, 0) is 9.53 Å². The van der Waals surface area contributed by atoms with Gasteiger partial charge < -0.3 is 20.2 Å². The second-order valence-electron chi connectivity index (χ2n) is 7.20. The molecule has 0 bridgehead atoms. The van der Waals surface area contributed by atoms with Crippen molar-refractivity contribution < 1.29 is 13.9 Å². The molecule has 1 aromatic rings. The Bertz CT molecular complexity index is 525. The molecule has 0 saturated carbocycles. The molecule has 1 unspecified atom stereocenters. The first kappa shape index (κ1) is 24.2. The molecule has 1 aliphatic heterocycles. The van der Waals surface area contributed by atoms with Crippen LogP contribution in [0.2, 0.25) is 0 Å². The second kappa shape index (κ2) is 10.4. The number of hydrogen-bond donors (Lipinski definition) is 2. The highest BCUT2D eigenvalue weighted by Crippen LogP contribution is 2.24. The van der Waals surface area contributed by atoms with E-state index in [4.69, 9.17) is 14.9 Å². The van der Waals surface area contributed by atoms with E-state index in [0.717, 1.165) is 24.6 Å². The van der Waals surface area contributed by atoms with Crippen molar-refractivity contribution in [2.45, 2.75) is 39.8 Å². The molecular formula is C17H31Cl2N3O3. The average Bonchev–Trinajstić information content (AvgIpc) is 2.93. The Morgan fingerprint density at radius 3 is 2.36 bits per heavy atom. The largest absolute Gasteiger partial charge is 0.465 e. The van der Waals surface area contributed by atoms with Gasteiger partial charge in [-0.3, -0.25) is 9.69 Å². The summed E-state index contributed by atoms with van der Waals surface area (Å²) in [5, 5.41) is 2.99. The van der Waals surface area contributed by atoms with Crippen LogP contribution < -0.4 is 11.1 Å². The monoisotopic (exact) mass is 395 g/mol. The summed E-state index contributed by atoms with van der Waals surface area (Å²) in [5.41, 5.74) is 5.77. The fourth-order valence-electron chi connectivity index (χ4n) is 2.63. The number of amides is 1. The molecule has 146 valence electrons. The number of furan rings is 1. The number of nitrogens with one attached hydrogen (secondary N) is 1. The predicted octanol–water partition coefficient (Wildman–Crippen LogP) is 2.29. The van der Waals surface area contributed by atoms with E-state index in [1.165, 1.54) is 0 Å². The van der Waals surface area contributed by atoms with Gasteiger partial charge in [-0.25, -0.2) is 0 Å². The summed E-state index contributed by atoms with van der Waals surface area (Å²) in [5.74, 6) is 1.61. The third-order valence-corrected chi connectivity index (χ3v) is 4.26. The van der Waals surface area contributed by atoms with Gasteiger partial charge in [-0.1, -0.05) is 20.8 Å². The van der Waals surface area contributed by atoms with E-state index in [1.807, 2.05) is 39.8 Å². The van der Waals surface area contributed by atoms with Gasteiger partial charge in [-0.2, -0.15) is 0 Å². The Labute approximate surface area is 162 Å². The number of aryl methyl sites for hydroxylation is 1. The molecule has 8 heteroatoms. The van der Waals surface area contributed by atoms with Crippen molar-refractivity contribution in [3.8, 4) is 0 Å². The smallest absolute Gasteiger partial charge is 0.237 e. The lowest BCUT2D eigenvalue weighted by atomic mass is 9.87. The van der Waals surface area contributed by atoms with Crippen molar-refractivity contribution in [1.82, 2.24) is 10.2 Å². The zero-order valence-electron chi connectivity index (χ0n) is 15.4. The van der Waals surface area contributed by atoms with Gasteiger partial charge >= 0.3 is 0 Å². The van der Waals surface area contributed by atoms with E-state index in [0.29, 0.717) is 19.8 Å². The zero-order chi connectivity index (χ0) is 17.0. The average molecular weight is 396 g/mol. The maximum atomic E-state index is 12.3. The molecule has 25 heavy (non-hydrogen) atoms. The lowest BCUT2D eigenvalue weighted by molar-refractivity contribution is -0.124. The Morgan fingerprint density at radius 2 is 1.88 bits per heavy atom.